The number of aromatic nitrogens is 1. The Bertz CT molecular complexity index is 1790. The maximum Gasteiger partial charge on any atom is 0.416 e. The number of nitrogens with one attached hydrogen (secondary N) is 1. The number of anilines is 2. The molecule has 1 saturated heterocycles. The lowest BCUT2D eigenvalue weighted by molar-refractivity contribution is -0.137. The van der Waals surface area contributed by atoms with E-state index in [2.05, 4.69) is 5.32 Å². The molecule has 2 aliphatic heterocycles. The van der Waals surface area contributed by atoms with Gasteiger partial charge in [-0.1, -0.05) is 59.5 Å². The van der Waals surface area contributed by atoms with E-state index < -0.39 is 51.4 Å². The van der Waals surface area contributed by atoms with Gasteiger partial charge in [0, 0.05) is 16.5 Å². The molecule has 0 saturated carbocycles. The van der Waals surface area contributed by atoms with E-state index in [4.69, 9.17) is 4.74 Å². The molecule has 1 N–H and O–H groups in total. The summed E-state index contributed by atoms with van der Waals surface area (Å²) < 4.78 is 46.8. The van der Waals surface area contributed by atoms with Crippen LogP contribution in [0, 0.1) is 5.92 Å². The number of hydrogen-bond donors (Lipinski definition) is 1. The van der Waals surface area contributed by atoms with Crippen LogP contribution in [0.25, 0.3) is 0 Å². The van der Waals surface area contributed by atoms with Crippen LogP contribution in [0.4, 0.5) is 24.5 Å². The largest absolute Gasteiger partial charge is 0.497 e. The van der Waals surface area contributed by atoms with Crippen LogP contribution in [0.2, 0.25) is 0 Å². The van der Waals surface area contributed by atoms with E-state index in [9.17, 15) is 32.3 Å². The van der Waals surface area contributed by atoms with Gasteiger partial charge in [0.25, 0.3) is 0 Å². The Hall–Kier alpha value is -4.36. The van der Waals surface area contributed by atoms with Crippen molar-refractivity contribution in [2.24, 2.45) is 5.92 Å². The normalized spacial score (nSPS) is 19.6. The van der Waals surface area contributed by atoms with Gasteiger partial charge in [-0.3, -0.25) is 23.7 Å². The van der Waals surface area contributed by atoms with Crippen LogP contribution in [0.3, 0.4) is 0 Å². The van der Waals surface area contributed by atoms with E-state index in [1.165, 1.54) is 17.7 Å². The summed E-state index contributed by atoms with van der Waals surface area (Å²) in [7, 11) is 1.52. The van der Waals surface area contributed by atoms with Crippen molar-refractivity contribution in [1.82, 2.24) is 4.57 Å². The van der Waals surface area contributed by atoms with Gasteiger partial charge in [-0.15, -0.1) is 0 Å². The molecule has 4 aromatic rings. The molecule has 13 heteroatoms. The predicted octanol–water partition coefficient (Wildman–Crippen LogP) is 5.37. The molecule has 3 atom stereocenters. The van der Waals surface area contributed by atoms with Gasteiger partial charge >= 0.3 is 11.0 Å². The summed E-state index contributed by atoms with van der Waals surface area (Å²) in [5.74, 6) is -2.90. The first-order chi connectivity index (χ1) is 20.6. The van der Waals surface area contributed by atoms with Crippen LogP contribution >= 0.6 is 23.1 Å². The molecule has 0 radical (unpaired) electrons. The number of alkyl halides is 3. The van der Waals surface area contributed by atoms with E-state index in [1.807, 2.05) is 0 Å². The number of carbonyl (C=O) groups excluding carboxylic acids is 3. The van der Waals surface area contributed by atoms with E-state index >= 15 is 0 Å². The van der Waals surface area contributed by atoms with Gasteiger partial charge in [0.05, 0.1) is 29.3 Å². The molecule has 220 valence electrons. The van der Waals surface area contributed by atoms with E-state index in [1.54, 1.807) is 54.6 Å². The number of thiazole rings is 1. The highest BCUT2D eigenvalue weighted by Crippen LogP contribution is 2.54. The summed E-state index contributed by atoms with van der Waals surface area (Å²) in [5.41, 5.74) is 0.00287. The van der Waals surface area contributed by atoms with Crippen LogP contribution in [-0.2, 0) is 27.1 Å². The second kappa shape index (κ2) is 11.0. The highest BCUT2D eigenvalue weighted by atomic mass is 32.2. The Kier molecular flexibility index (Phi) is 7.38. The van der Waals surface area contributed by atoms with Crippen molar-refractivity contribution in [3.63, 3.8) is 0 Å². The number of halogens is 3. The number of nitrogens with zero attached hydrogens (tertiary/aromatic N) is 2. The van der Waals surface area contributed by atoms with Crippen molar-refractivity contribution in [3.8, 4) is 5.75 Å². The topological polar surface area (TPSA) is 97.7 Å². The van der Waals surface area contributed by atoms with Crippen molar-refractivity contribution in [2.75, 3.05) is 17.3 Å². The quantitative estimate of drug-likeness (QED) is 0.290. The molecule has 3 aromatic carbocycles. The van der Waals surface area contributed by atoms with Crippen LogP contribution in [-0.4, -0.2) is 34.6 Å². The summed E-state index contributed by atoms with van der Waals surface area (Å²) in [6.07, 6.45) is -4.66. The summed E-state index contributed by atoms with van der Waals surface area (Å²) in [6, 6.07) is 19.6. The zero-order valence-electron chi connectivity index (χ0n) is 22.3. The fraction of sp³-hybridized carbons (Fsp3) is 0.200. The number of methoxy groups -OCH3 is 1. The average Bonchev–Trinajstić information content (AvgIpc) is 3.43. The third-order valence-corrected chi connectivity index (χ3v) is 9.92. The van der Waals surface area contributed by atoms with Crippen LogP contribution in [0.5, 0.6) is 5.75 Å². The van der Waals surface area contributed by atoms with Crippen LogP contribution in [0.15, 0.2) is 88.7 Å². The Morgan fingerprint density at radius 2 is 1.67 bits per heavy atom. The Morgan fingerprint density at radius 1 is 0.953 bits per heavy atom. The third kappa shape index (κ3) is 5.23. The zero-order valence-corrected chi connectivity index (χ0v) is 24.0. The fourth-order valence-corrected chi connectivity index (χ4v) is 8.14. The number of benzene rings is 3. The molecular formula is C30H22F3N3O5S2. The summed E-state index contributed by atoms with van der Waals surface area (Å²) in [6.45, 7) is -0.345. The van der Waals surface area contributed by atoms with Gasteiger partial charge in [0.15, 0.2) is 0 Å². The summed E-state index contributed by atoms with van der Waals surface area (Å²) in [4.78, 5) is 54.8. The molecule has 3 unspecified atom stereocenters. The molecule has 8 nitrogen and oxygen atoms in total. The minimum atomic E-state index is -4.66. The Labute approximate surface area is 251 Å². The van der Waals surface area contributed by atoms with Crippen molar-refractivity contribution in [2.45, 2.75) is 28.9 Å². The minimum Gasteiger partial charge on any atom is -0.497 e. The standard InChI is InChI=1S/C30H22F3N3O5S2/c1-41-20-12-10-18(11-13-20)34-21(37)15-35-28-25(43-29(35)40)22(16-6-3-2-4-7-16)23-24(42-28)27(39)36(26(23)38)19-9-5-8-17(14-19)30(31,32)33/h2-14,22-24H,15H2,1H3,(H,34,37). The molecule has 43 heavy (non-hydrogen) atoms. The molecule has 1 aromatic heterocycles. The molecule has 1 fully saturated rings. The Morgan fingerprint density at radius 3 is 2.35 bits per heavy atom. The number of thioether (sulfide) groups is 1. The van der Waals surface area contributed by atoms with E-state index in [0.29, 0.717) is 26.9 Å². The first kappa shape index (κ1) is 28.7. The number of fused-ring (bicyclic) bond motifs is 2. The number of hydrogen-bond acceptors (Lipinski definition) is 7. The molecule has 3 amide bonds. The van der Waals surface area contributed by atoms with Crippen molar-refractivity contribution >= 4 is 52.2 Å². The molecule has 0 aliphatic carbocycles. The van der Waals surface area contributed by atoms with Crippen molar-refractivity contribution in [3.05, 3.63) is 105 Å². The maximum atomic E-state index is 13.9. The highest BCUT2D eigenvalue weighted by molar-refractivity contribution is 8.00. The van der Waals surface area contributed by atoms with Gasteiger partial charge in [-0.05, 0) is 48.0 Å². The first-order valence-electron chi connectivity index (χ1n) is 13.0. The lowest BCUT2D eigenvalue weighted by Crippen LogP contribution is -2.33. The number of ether oxygens (including phenoxy) is 1. The lowest BCUT2D eigenvalue weighted by Gasteiger charge is -2.30. The summed E-state index contributed by atoms with van der Waals surface area (Å²) >= 11 is 1.88. The number of carbonyl (C=O) groups is 3. The molecule has 0 bridgehead atoms. The first-order valence-corrected chi connectivity index (χ1v) is 14.7. The average molecular weight is 626 g/mol. The SMILES string of the molecule is COc1ccc(NC(=O)Cn2c3c(sc2=O)C(c2ccccc2)C2C(=O)N(c4cccc(C(F)(F)F)c4)C(=O)C2S3)cc1. The fourth-order valence-electron chi connectivity index (χ4n) is 5.37. The molecule has 6 rings (SSSR count). The maximum absolute atomic E-state index is 13.9. The molecule has 3 heterocycles. The molecule has 0 spiro atoms. The zero-order chi connectivity index (χ0) is 30.5. The number of rotatable bonds is 6. The van der Waals surface area contributed by atoms with Gasteiger partial charge in [-0.2, -0.15) is 13.2 Å². The predicted molar refractivity (Wildman–Crippen MR) is 156 cm³/mol. The lowest BCUT2D eigenvalue weighted by atomic mass is 9.83. The molecular weight excluding hydrogens is 603 g/mol. The minimum absolute atomic E-state index is 0.175. The molecule has 2 aliphatic rings. The van der Waals surface area contributed by atoms with E-state index in [-0.39, 0.29) is 12.2 Å². The van der Waals surface area contributed by atoms with Gasteiger partial charge < -0.3 is 10.1 Å². The second-order valence-electron chi connectivity index (χ2n) is 9.91. The van der Waals surface area contributed by atoms with Gasteiger partial charge in [0.2, 0.25) is 17.7 Å². The number of imide groups is 1. The monoisotopic (exact) mass is 625 g/mol. The van der Waals surface area contributed by atoms with Gasteiger partial charge in [-0.25, -0.2) is 4.90 Å². The number of amides is 3. The van der Waals surface area contributed by atoms with Crippen LogP contribution < -0.4 is 19.8 Å². The second-order valence-corrected chi connectivity index (χ2v) is 12.0. The van der Waals surface area contributed by atoms with Crippen molar-refractivity contribution < 1.29 is 32.3 Å². The summed E-state index contributed by atoms with van der Waals surface area (Å²) in [5, 5.41) is 2.09. The Balaban J connectivity index is 1.38. The van der Waals surface area contributed by atoms with Gasteiger partial charge in [0.1, 0.15) is 17.5 Å². The third-order valence-electron chi connectivity index (χ3n) is 7.32. The van der Waals surface area contributed by atoms with Crippen molar-refractivity contribution in [1.29, 1.82) is 0 Å². The smallest absolute Gasteiger partial charge is 0.416 e. The highest BCUT2D eigenvalue weighted by Gasteiger charge is 2.57. The van der Waals surface area contributed by atoms with E-state index in [0.717, 1.165) is 46.2 Å². The van der Waals surface area contributed by atoms with Crippen LogP contribution in [0.1, 0.15) is 21.9 Å².